The van der Waals surface area contributed by atoms with Crippen LogP contribution in [-0.4, -0.2) is 31.5 Å². The molecule has 0 radical (unpaired) electrons. The molecular weight excluding hydrogens is 308 g/mol. The monoisotopic (exact) mass is 326 g/mol. The first-order valence-corrected chi connectivity index (χ1v) is 7.56. The van der Waals surface area contributed by atoms with Crippen LogP contribution in [0.4, 0.5) is 0 Å². The van der Waals surface area contributed by atoms with Crippen LogP contribution in [0.5, 0.6) is 0 Å². The Balaban J connectivity index is 1.77. The van der Waals surface area contributed by atoms with Gasteiger partial charge in [0.05, 0.1) is 24.5 Å². The Bertz CT molecular complexity index is 910. The van der Waals surface area contributed by atoms with E-state index in [1.807, 2.05) is 49.0 Å². The van der Waals surface area contributed by atoms with Gasteiger partial charge in [-0.05, 0) is 18.6 Å². The molecule has 3 aromatic rings. The van der Waals surface area contributed by atoms with Crippen molar-refractivity contribution in [1.29, 1.82) is 0 Å². The van der Waals surface area contributed by atoms with E-state index in [4.69, 9.17) is 5.11 Å². The number of benzene rings is 1. The summed E-state index contributed by atoms with van der Waals surface area (Å²) in [6.45, 7) is 1.93. The van der Waals surface area contributed by atoms with Gasteiger partial charge in [-0.1, -0.05) is 18.2 Å². The number of carboxylic acid groups (broad SMARTS) is 1. The topological polar surface area (TPSA) is 100 Å². The number of aromatic carboxylic acids is 1. The highest BCUT2D eigenvalue weighted by atomic mass is 16.4. The van der Waals surface area contributed by atoms with Crippen LogP contribution in [0.3, 0.4) is 0 Å². The summed E-state index contributed by atoms with van der Waals surface area (Å²) in [5.74, 6) is -1.65. The number of aryl methyl sites for hydroxylation is 1. The van der Waals surface area contributed by atoms with E-state index in [1.165, 1.54) is 6.33 Å². The summed E-state index contributed by atoms with van der Waals surface area (Å²) < 4.78 is 1.99. The minimum absolute atomic E-state index is 0.0758. The van der Waals surface area contributed by atoms with E-state index in [0.717, 1.165) is 16.5 Å². The van der Waals surface area contributed by atoms with Crippen LogP contribution in [0, 0.1) is 0 Å². The van der Waals surface area contributed by atoms with Gasteiger partial charge in [0.2, 0.25) is 5.91 Å². The molecule has 0 aliphatic carbocycles. The number of nitrogens with zero attached hydrogens (tertiary/aromatic N) is 2. The van der Waals surface area contributed by atoms with Crippen molar-refractivity contribution in [1.82, 2.24) is 19.9 Å². The number of imidazole rings is 1. The summed E-state index contributed by atoms with van der Waals surface area (Å²) in [6, 6.07) is 7.90. The first kappa shape index (κ1) is 15.8. The number of carbonyl (C=O) groups is 2. The molecule has 3 N–H and O–H groups in total. The summed E-state index contributed by atoms with van der Waals surface area (Å²) in [7, 11) is 1.94. The standard InChI is InChI=1S/C17H18N4O3/c1-10(12-8-21(2)14-6-4-3-5-11(12)14)16(22)18-7-13-15(17(23)24)20-9-19-13/h3-6,8-10H,7H2,1-2H3,(H,18,22)(H,19,20)(H,23,24). The molecule has 2 aromatic heterocycles. The van der Waals surface area contributed by atoms with Crippen LogP contribution in [0.1, 0.15) is 34.6 Å². The number of carboxylic acids is 1. The SMILES string of the molecule is CC(C(=O)NCc1[nH]cnc1C(=O)O)c1cn(C)c2ccccc12. The van der Waals surface area contributed by atoms with Crippen molar-refractivity contribution >= 4 is 22.8 Å². The minimum atomic E-state index is -1.12. The number of para-hydroxylation sites is 1. The largest absolute Gasteiger partial charge is 0.476 e. The van der Waals surface area contributed by atoms with Gasteiger partial charge in [0.1, 0.15) is 0 Å². The lowest BCUT2D eigenvalue weighted by molar-refractivity contribution is -0.122. The molecule has 2 heterocycles. The molecule has 0 saturated heterocycles. The van der Waals surface area contributed by atoms with Gasteiger partial charge < -0.3 is 20.0 Å². The molecule has 0 fully saturated rings. The van der Waals surface area contributed by atoms with E-state index >= 15 is 0 Å². The average Bonchev–Trinajstić information content (AvgIpc) is 3.17. The van der Waals surface area contributed by atoms with E-state index < -0.39 is 5.97 Å². The summed E-state index contributed by atoms with van der Waals surface area (Å²) >= 11 is 0. The van der Waals surface area contributed by atoms with Crippen molar-refractivity contribution in [2.75, 3.05) is 0 Å². The highest BCUT2D eigenvalue weighted by Gasteiger charge is 2.21. The first-order valence-electron chi connectivity index (χ1n) is 7.56. The van der Waals surface area contributed by atoms with Gasteiger partial charge in [-0.2, -0.15) is 0 Å². The number of aromatic amines is 1. The lowest BCUT2D eigenvalue weighted by Gasteiger charge is -2.11. The quantitative estimate of drug-likeness (QED) is 0.668. The third kappa shape index (κ3) is 2.76. The van der Waals surface area contributed by atoms with E-state index in [2.05, 4.69) is 15.3 Å². The number of aromatic nitrogens is 3. The number of nitrogens with one attached hydrogen (secondary N) is 2. The zero-order valence-electron chi connectivity index (χ0n) is 13.4. The number of hydrogen-bond donors (Lipinski definition) is 3. The molecule has 124 valence electrons. The second kappa shape index (κ2) is 6.19. The summed E-state index contributed by atoms with van der Waals surface area (Å²) in [5, 5.41) is 12.8. The molecule has 1 atom stereocenters. The molecule has 1 amide bonds. The lowest BCUT2D eigenvalue weighted by Crippen LogP contribution is -2.28. The van der Waals surface area contributed by atoms with E-state index in [1.54, 1.807) is 0 Å². The Kier molecular flexibility index (Phi) is 4.07. The van der Waals surface area contributed by atoms with Crippen molar-refractivity contribution in [3.05, 3.63) is 53.7 Å². The number of fused-ring (bicyclic) bond motifs is 1. The van der Waals surface area contributed by atoms with E-state index in [-0.39, 0.29) is 24.1 Å². The zero-order valence-corrected chi connectivity index (χ0v) is 13.4. The van der Waals surface area contributed by atoms with Gasteiger partial charge in [0, 0.05) is 24.1 Å². The Labute approximate surface area is 138 Å². The van der Waals surface area contributed by atoms with Gasteiger partial charge in [-0.15, -0.1) is 0 Å². The molecule has 7 heteroatoms. The Morgan fingerprint density at radius 2 is 2.12 bits per heavy atom. The number of rotatable bonds is 5. The van der Waals surface area contributed by atoms with Crippen LogP contribution in [0.25, 0.3) is 10.9 Å². The normalized spacial score (nSPS) is 12.2. The molecule has 1 unspecified atom stereocenters. The van der Waals surface area contributed by atoms with Crippen molar-refractivity contribution in [3.63, 3.8) is 0 Å². The smallest absolute Gasteiger partial charge is 0.356 e. The Hall–Kier alpha value is -3.09. The number of H-pyrrole nitrogens is 1. The fourth-order valence-electron chi connectivity index (χ4n) is 2.83. The van der Waals surface area contributed by atoms with E-state index in [9.17, 15) is 9.59 Å². The van der Waals surface area contributed by atoms with Crippen LogP contribution >= 0.6 is 0 Å². The summed E-state index contributed by atoms with van der Waals surface area (Å²) in [5.41, 5.74) is 2.30. The molecule has 1 aromatic carbocycles. The van der Waals surface area contributed by atoms with Crippen LogP contribution in [-0.2, 0) is 18.4 Å². The highest BCUT2D eigenvalue weighted by Crippen LogP contribution is 2.27. The average molecular weight is 326 g/mol. The Morgan fingerprint density at radius 3 is 2.88 bits per heavy atom. The maximum absolute atomic E-state index is 12.5. The van der Waals surface area contributed by atoms with E-state index in [0.29, 0.717) is 5.69 Å². The zero-order chi connectivity index (χ0) is 17.3. The lowest BCUT2D eigenvalue weighted by atomic mass is 9.99. The number of carbonyl (C=O) groups excluding carboxylic acids is 1. The van der Waals surface area contributed by atoms with Crippen molar-refractivity contribution < 1.29 is 14.7 Å². The molecule has 24 heavy (non-hydrogen) atoms. The molecule has 0 aliphatic rings. The highest BCUT2D eigenvalue weighted by molar-refractivity contribution is 5.92. The van der Waals surface area contributed by atoms with Gasteiger partial charge in [0.15, 0.2) is 5.69 Å². The van der Waals surface area contributed by atoms with Crippen LogP contribution in [0.15, 0.2) is 36.8 Å². The number of hydrogen-bond acceptors (Lipinski definition) is 3. The van der Waals surface area contributed by atoms with Crippen LogP contribution in [0.2, 0.25) is 0 Å². The predicted octanol–water partition coefficient (Wildman–Crippen LogP) is 2.02. The van der Waals surface area contributed by atoms with Gasteiger partial charge in [-0.3, -0.25) is 4.79 Å². The molecule has 0 bridgehead atoms. The third-order valence-electron chi connectivity index (χ3n) is 4.15. The predicted molar refractivity (Wildman–Crippen MR) is 88.7 cm³/mol. The minimum Gasteiger partial charge on any atom is -0.476 e. The van der Waals surface area contributed by atoms with Gasteiger partial charge >= 0.3 is 5.97 Å². The van der Waals surface area contributed by atoms with Crippen molar-refractivity contribution in [3.8, 4) is 0 Å². The second-order valence-electron chi connectivity index (χ2n) is 5.69. The summed E-state index contributed by atoms with van der Waals surface area (Å²) in [6.07, 6.45) is 3.26. The van der Waals surface area contributed by atoms with Gasteiger partial charge in [0.25, 0.3) is 0 Å². The molecule has 0 saturated carbocycles. The van der Waals surface area contributed by atoms with Crippen molar-refractivity contribution in [2.45, 2.75) is 19.4 Å². The Morgan fingerprint density at radius 1 is 1.38 bits per heavy atom. The maximum atomic E-state index is 12.5. The molecule has 0 spiro atoms. The first-order chi connectivity index (χ1) is 11.5. The molecule has 7 nitrogen and oxygen atoms in total. The van der Waals surface area contributed by atoms with Gasteiger partial charge in [-0.25, -0.2) is 9.78 Å². The number of amides is 1. The van der Waals surface area contributed by atoms with Crippen molar-refractivity contribution in [2.24, 2.45) is 7.05 Å². The fraction of sp³-hybridized carbons (Fsp3) is 0.235. The molecule has 3 rings (SSSR count). The second-order valence-corrected chi connectivity index (χ2v) is 5.69. The third-order valence-corrected chi connectivity index (χ3v) is 4.15. The molecular formula is C17H18N4O3. The maximum Gasteiger partial charge on any atom is 0.356 e. The summed E-state index contributed by atoms with van der Waals surface area (Å²) in [4.78, 5) is 30.0. The van der Waals surface area contributed by atoms with Crippen LogP contribution < -0.4 is 5.32 Å². The fourth-order valence-corrected chi connectivity index (χ4v) is 2.83. The molecule has 0 aliphatic heterocycles.